The predicted octanol–water partition coefficient (Wildman–Crippen LogP) is 2.90. The van der Waals surface area contributed by atoms with Gasteiger partial charge in [-0.05, 0) is 38.8 Å². The van der Waals surface area contributed by atoms with Crippen LogP contribution in [-0.4, -0.2) is 54.1 Å². The van der Waals surface area contributed by atoms with Gasteiger partial charge < -0.3 is 14.4 Å². The van der Waals surface area contributed by atoms with Crippen LogP contribution in [0.4, 0.5) is 10.5 Å². The average Bonchev–Trinajstić information content (AvgIpc) is 3.00. The van der Waals surface area contributed by atoms with Crippen LogP contribution < -0.4 is 4.90 Å². The second-order valence-electron chi connectivity index (χ2n) is 7.42. The first-order chi connectivity index (χ1) is 14.5. The Labute approximate surface area is 176 Å². The van der Waals surface area contributed by atoms with E-state index in [1.165, 1.54) is 4.90 Å². The molecule has 1 aliphatic carbocycles. The van der Waals surface area contributed by atoms with Gasteiger partial charge in [0.1, 0.15) is 6.04 Å². The Morgan fingerprint density at radius 3 is 2.07 bits per heavy atom. The van der Waals surface area contributed by atoms with Gasteiger partial charge in [-0.25, -0.2) is 9.69 Å². The number of ether oxygens (including phenoxy) is 2. The lowest BCUT2D eigenvalue weighted by Gasteiger charge is -2.35. The van der Waals surface area contributed by atoms with Crippen LogP contribution in [0.3, 0.4) is 0 Å². The molecule has 2 fully saturated rings. The highest BCUT2D eigenvalue weighted by Gasteiger charge is 2.56. The first-order valence-corrected chi connectivity index (χ1v) is 10.6. The number of rotatable bonds is 7. The van der Waals surface area contributed by atoms with E-state index >= 15 is 0 Å². The summed E-state index contributed by atoms with van der Waals surface area (Å²) < 4.78 is 10.2. The Morgan fingerprint density at radius 2 is 1.53 bits per heavy atom. The number of benzene rings is 1. The first kappa shape index (κ1) is 21.8. The van der Waals surface area contributed by atoms with Gasteiger partial charge in [0.2, 0.25) is 0 Å². The Bertz CT molecular complexity index is 772. The Kier molecular flexibility index (Phi) is 7.07. The lowest BCUT2D eigenvalue weighted by Crippen LogP contribution is -2.52. The highest BCUT2D eigenvalue weighted by Crippen LogP contribution is 2.35. The van der Waals surface area contributed by atoms with Crippen molar-refractivity contribution in [3.8, 4) is 0 Å². The maximum Gasteiger partial charge on any atom is 0.332 e. The number of esters is 2. The number of carbonyl (C=O) groups excluding carboxylic acids is 4. The minimum atomic E-state index is -1.52. The first-order valence-electron chi connectivity index (χ1n) is 10.6. The molecular formula is C22H28N2O6. The Morgan fingerprint density at radius 1 is 0.967 bits per heavy atom. The molecule has 30 heavy (non-hydrogen) atoms. The molecule has 0 aromatic heterocycles. The third-order valence-electron chi connectivity index (χ3n) is 5.56. The summed E-state index contributed by atoms with van der Waals surface area (Å²) >= 11 is 0. The number of amides is 3. The monoisotopic (exact) mass is 416 g/mol. The molecule has 0 bridgehead atoms. The summed E-state index contributed by atoms with van der Waals surface area (Å²) in [5.41, 5.74) is 0.405. The van der Waals surface area contributed by atoms with E-state index < -0.39 is 35.8 Å². The van der Waals surface area contributed by atoms with E-state index in [1.807, 2.05) is 0 Å². The molecule has 1 aromatic rings. The Hall–Kier alpha value is -2.90. The van der Waals surface area contributed by atoms with Crippen molar-refractivity contribution in [2.45, 2.75) is 58.0 Å². The zero-order valence-corrected chi connectivity index (χ0v) is 17.4. The molecule has 1 saturated carbocycles. The van der Waals surface area contributed by atoms with Crippen molar-refractivity contribution >= 4 is 29.6 Å². The fourth-order valence-electron chi connectivity index (χ4n) is 4.26. The van der Waals surface area contributed by atoms with Crippen LogP contribution in [0.25, 0.3) is 0 Å². The molecule has 3 rings (SSSR count). The van der Waals surface area contributed by atoms with E-state index in [9.17, 15) is 19.2 Å². The molecule has 1 atom stereocenters. The highest BCUT2D eigenvalue weighted by atomic mass is 16.6. The summed E-state index contributed by atoms with van der Waals surface area (Å²) in [7, 11) is 0. The van der Waals surface area contributed by atoms with E-state index in [0.29, 0.717) is 5.69 Å². The number of nitrogens with zero attached hydrogens (tertiary/aromatic N) is 2. The van der Waals surface area contributed by atoms with Crippen molar-refractivity contribution < 1.29 is 28.7 Å². The van der Waals surface area contributed by atoms with Crippen LogP contribution >= 0.6 is 0 Å². The van der Waals surface area contributed by atoms with Crippen LogP contribution in [0.1, 0.15) is 46.0 Å². The molecule has 3 amide bonds. The molecule has 1 aliphatic heterocycles. The van der Waals surface area contributed by atoms with E-state index in [0.717, 1.165) is 37.0 Å². The van der Waals surface area contributed by atoms with Gasteiger partial charge in [-0.2, -0.15) is 0 Å². The molecule has 1 heterocycles. The lowest BCUT2D eigenvalue weighted by atomic mass is 9.90. The van der Waals surface area contributed by atoms with Crippen LogP contribution in [0, 0.1) is 5.92 Å². The summed E-state index contributed by atoms with van der Waals surface area (Å²) in [5, 5.41) is 0. The van der Waals surface area contributed by atoms with Gasteiger partial charge in [0.25, 0.3) is 5.91 Å². The molecule has 1 saturated heterocycles. The number of urea groups is 1. The van der Waals surface area contributed by atoms with Gasteiger partial charge >= 0.3 is 18.0 Å². The van der Waals surface area contributed by atoms with Crippen molar-refractivity contribution in [3.05, 3.63) is 30.3 Å². The lowest BCUT2D eigenvalue weighted by molar-refractivity contribution is -0.166. The highest BCUT2D eigenvalue weighted by molar-refractivity contribution is 6.23. The number of hydrogen-bond donors (Lipinski definition) is 0. The minimum absolute atomic E-state index is 0.0510. The molecule has 1 aromatic carbocycles. The van der Waals surface area contributed by atoms with Gasteiger partial charge in [0.05, 0.1) is 18.9 Å². The van der Waals surface area contributed by atoms with Gasteiger partial charge in [-0.1, -0.05) is 37.5 Å². The topological polar surface area (TPSA) is 93.2 Å². The van der Waals surface area contributed by atoms with E-state index in [2.05, 4.69) is 0 Å². The smallest absolute Gasteiger partial charge is 0.332 e. The molecule has 2 aliphatic rings. The van der Waals surface area contributed by atoms with Crippen molar-refractivity contribution in [1.29, 1.82) is 0 Å². The number of hydrogen-bond acceptors (Lipinski definition) is 6. The molecule has 162 valence electrons. The SMILES string of the molecule is CCOC(=O)C(C(=O)OCC)C1C(=O)N(c2ccccc2)C(=O)N1C1CCCCC1. The summed E-state index contributed by atoms with van der Waals surface area (Å²) in [6.07, 6.45) is 4.33. The fraction of sp³-hybridized carbons (Fsp3) is 0.545. The quantitative estimate of drug-likeness (QED) is 0.385. The van der Waals surface area contributed by atoms with Crippen molar-refractivity contribution in [3.63, 3.8) is 0 Å². The van der Waals surface area contributed by atoms with Crippen LogP contribution in [0.5, 0.6) is 0 Å². The summed E-state index contributed by atoms with van der Waals surface area (Å²) in [5.74, 6) is -3.82. The molecule has 8 heteroatoms. The van der Waals surface area contributed by atoms with Gasteiger partial charge in [-0.15, -0.1) is 0 Å². The molecule has 1 unspecified atom stereocenters. The second-order valence-corrected chi connectivity index (χ2v) is 7.42. The van der Waals surface area contributed by atoms with Crippen LogP contribution in [0.2, 0.25) is 0 Å². The van der Waals surface area contributed by atoms with Crippen molar-refractivity contribution in [2.75, 3.05) is 18.1 Å². The zero-order chi connectivity index (χ0) is 21.7. The molecule has 0 N–H and O–H groups in total. The largest absolute Gasteiger partial charge is 0.465 e. The number of imide groups is 1. The van der Waals surface area contributed by atoms with Crippen molar-refractivity contribution in [1.82, 2.24) is 4.90 Å². The number of carbonyl (C=O) groups is 4. The number of para-hydroxylation sites is 1. The van der Waals surface area contributed by atoms with E-state index in [4.69, 9.17) is 9.47 Å². The van der Waals surface area contributed by atoms with Crippen LogP contribution in [0.15, 0.2) is 30.3 Å². The van der Waals surface area contributed by atoms with Crippen LogP contribution in [-0.2, 0) is 23.9 Å². The second kappa shape index (κ2) is 9.73. The average molecular weight is 416 g/mol. The molecule has 0 spiro atoms. The molecule has 0 radical (unpaired) electrons. The van der Waals surface area contributed by atoms with E-state index in [1.54, 1.807) is 44.2 Å². The van der Waals surface area contributed by atoms with Crippen molar-refractivity contribution in [2.24, 2.45) is 5.92 Å². The third kappa shape index (κ3) is 4.17. The number of anilines is 1. The standard InChI is InChI=1S/C22H28N2O6/c1-3-29-20(26)17(21(27)30-4-2)18-19(25)24(16-13-9-6-10-14-16)22(28)23(18)15-11-7-5-8-12-15/h6,9-10,13-15,17-18H,3-5,7-8,11-12H2,1-2H3. The summed E-state index contributed by atoms with van der Waals surface area (Å²) in [6.45, 7) is 3.35. The maximum atomic E-state index is 13.5. The van der Waals surface area contributed by atoms with Gasteiger partial charge in [0, 0.05) is 6.04 Å². The third-order valence-corrected chi connectivity index (χ3v) is 5.56. The molecular weight excluding hydrogens is 388 g/mol. The maximum absolute atomic E-state index is 13.5. The fourth-order valence-corrected chi connectivity index (χ4v) is 4.26. The Balaban J connectivity index is 2.05. The summed E-state index contributed by atoms with van der Waals surface area (Å²) in [6, 6.07) is 6.53. The van der Waals surface area contributed by atoms with E-state index in [-0.39, 0.29) is 19.3 Å². The molecule has 8 nitrogen and oxygen atoms in total. The normalized spacial score (nSPS) is 20.0. The predicted molar refractivity (Wildman–Crippen MR) is 109 cm³/mol. The van der Waals surface area contributed by atoms with Gasteiger partial charge in [-0.3, -0.25) is 14.4 Å². The van der Waals surface area contributed by atoms with Gasteiger partial charge in [0.15, 0.2) is 5.92 Å². The minimum Gasteiger partial charge on any atom is -0.465 e. The zero-order valence-electron chi connectivity index (χ0n) is 17.4. The summed E-state index contributed by atoms with van der Waals surface area (Å²) in [4.78, 5) is 54.9.